The lowest BCUT2D eigenvalue weighted by atomic mass is 9.67. The smallest absolute Gasteiger partial charge is 0.160 e. The van der Waals surface area contributed by atoms with E-state index in [1.165, 1.54) is 46.5 Å². The summed E-state index contributed by atoms with van der Waals surface area (Å²) in [6, 6.07) is 114. The first-order chi connectivity index (χ1) is 52.1. The Labute approximate surface area is 611 Å². The van der Waals surface area contributed by atoms with Gasteiger partial charge in [-0.3, -0.25) is 0 Å². The Hall–Kier alpha value is -13.0. The fourth-order valence-corrected chi connectivity index (χ4v) is 17.3. The van der Waals surface area contributed by atoms with E-state index in [9.17, 15) is 0 Å². The number of halogens is 4. The average Bonchev–Trinajstić information content (AvgIpc) is 1.53. The summed E-state index contributed by atoms with van der Waals surface area (Å²) in [5, 5.41) is 4.45. The molecule has 20 rings (SSSR count). The standard InChI is InChI=1S/C98H64F4N2O2/c99-93-51-41-79(59-95(93)101)103(77-39-49-87-85-13-5-7-15-89(85)97(91(87)57-77,73-29-21-61-9-1-3-11-67(61)53-73)71-31-45-81(46-32-71)105-83-43-27-65-17-19-69(65)55-83)75-35-23-63(24-36-75)64-25-37-76(38-26-64)104(80-42-52-94(100)96(102)60-80)78-40-50-88-86-14-6-8-16-90(86)98(92(88)58-78,74-30-22-62-10-2-4-12-68(62)54-74)72-33-47-82(48-34-72)106-84-44-28-66-18-20-70(66)56-84/h1-16,21-60H,17-20H2. The van der Waals surface area contributed by atoms with E-state index in [0.717, 1.165) is 159 Å². The van der Waals surface area contributed by atoms with E-state index in [4.69, 9.17) is 9.47 Å². The summed E-state index contributed by atoms with van der Waals surface area (Å²) in [5.74, 6) is -0.757. The summed E-state index contributed by atoms with van der Waals surface area (Å²) in [7, 11) is 0. The summed E-state index contributed by atoms with van der Waals surface area (Å²) in [6.07, 6.45) is 4.30. The number of nitrogens with zero attached hydrogens (tertiary/aromatic N) is 2. The minimum Gasteiger partial charge on any atom is -0.457 e. The molecule has 0 aromatic heterocycles. The number of hydrogen-bond acceptors (Lipinski definition) is 4. The van der Waals surface area contributed by atoms with Gasteiger partial charge in [0.25, 0.3) is 0 Å². The van der Waals surface area contributed by atoms with E-state index in [-0.39, 0.29) is 0 Å². The third-order valence-corrected chi connectivity index (χ3v) is 22.6. The largest absolute Gasteiger partial charge is 0.457 e. The zero-order valence-electron chi connectivity index (χ0n) is 57.4. The molecule has 0 saturated carbocycles. The van der Waals surface area contributed by atoms with E-state index < -0.39 is 34.1 Å². The molecule has 4 aliphatic rings. The second-order valence-corrected chi connectivity index (χ2v) is 28.3. The topological polar surface area (TPSA) is 24.9 Å². The molecule has 4 nitrogen and oxygen atoms in total. The van der Waals surface area contributed by atoms with Gasteiger partial charge in [0.1, 0.15) is 23.0 Å². The lowest BCUT2D eigenvalue weighted by Gasteiger charge is -2.35. The summed E-state index contributed by atoms with van der Waals surface area (Å²) in [6.45, 7) is 0. The van der Waals surface area contributed by atoms with Crippen molar-refractivity contribution in [3.05, 3.63) is 430 Å². The Morgan fingerprint density at radius 3 is 0.962 bits per heavy atom. The third kappa shape index (κ3) is 10.2. The molecule has 0 amide bonds. The van der Waals surface area contributed by atoms with Crippen LogP contribution in [0.3, 0.4) is 0 Å². The van der Waals surface area contributed by atoms with Gasteiger partial charge in [0.2, 0.25) is 0 Å². The van der Waals surface area contributed by atoms with Gasteiger partial charge >= 0.3 is 0 Å². The molecule has 2 unspecified atom stereocenters. The van der Waals surface area contributed by atoms with Crippen LogP contribution in [0.2, 0.25) is 0 Å². The summed E-state index contributed by atoms with van der Waals surface area (Å²) in [5.41, 5.74) is 22.0. The predicted octanol–water partition coefficient (Wildman–Crippen LogP) is 25.7. The molecule has 0 heterocycles. The van der Waals surface area contributed by atoms with Crippen molar-refractivity contribution < 1.29 is 27.0 Å². The van der Waals surface area contributed by atoms with Crippen LogP contribution in [0.25, 0.3) is 54.9 Å². The summed E-state index contributed by atoms with van der Waals surface area (Å²) in [4.78, 5) is 3.97. The van der Waals surface area contributed by atoms with E-state index >= 15 is 17.6 Å². The predicted molar refractivity (Wildman–Crippen MR) is 419 cm³/mol. The first-order valence-corrected chi connectivity index (χ1v) is 36.1. The van der Waals surface area contributed by atoms with Crippen molar-refractivity contribution in [2.45, 2.75) is 36.5 Å². The van der Waals surface area contributed by atoms with Crippen LogP contribution in [-0.2, 0) is 36.5 Å². The molecular weight excluding hydrogens is 1310 g/mol. The number of aryl methyl sites for hydroxylation is 4. The summed E-state index contributed by atoms with van der Waals surface area (Å²) >= 11 is 0. The molecule has 16 aromatic carbocycles. The zero-order chi connectivity index (χ0) is 70.8. The average molecular weight is 1380 g/mol. The van der Waals surface area contributed by atoms with Gasteiger partial charge < -0.3 is 19.3 Å². The molecule has 0 aliphatic heterocycles. The van der Waals surface area contributed by atoms with Crippen molar-refractivity contribution in [2.24, 2.45) is 0 Å². The van der Waals surface area contributed by atoms with Crippen LogP contribution >= 0.6 is 0 Å². The minimum absolute atomic E-state index is 0.431. The fourth-order valence-electron chi connectivity index (χ4n) is 17.3. The normalized spacial score (nSPS) is 15.5. The molecule has 506 valence electrons. The van der Waals surface area contributed by atoms with E-state index in [1.807, 2.05) is 70.5 Å². The molecule has 0 fully saturated rings. The Kier molecular flexibility index (Phi) is 14.7. The van der Waals surface area contributed by atoms with E-state index in [0.29, 0.717) is 22.7 Å². The number of ether oxygens (including phenoxy) is 2. The summed E-state index contributed by atoms with van der Waals surface area (Å²) < 4.78 is 75.2. The van der Waals surface area contributed by atoms with Gasteiger partial charge in [-0.25, -0.2) is 17.6 Å². The Bertz CT molecular complexity index is 5850. The molecule has 4 aliphatic carbocycles. The van der Waals surface area contributed by atoms with Crippen LogP contribution in [-0.4, -0.2) is 0 Å². The van der Waals surface area contributed by atoms with Gasteiger partial charge in [-0.15, -0.1) is 0 Å². The van der Waals surface area contributed by atoms with Gasteiger partial charge in [-0.2, -0.15) is 0 Å². The first-order valence-electron chi connectivity index (χ1n) is 36.1. The van der Waals surface area contributed by atoms with Crippen LogP contribution < -0.4 is 19.3 Å². The van der Waals surface area contributed by atoms with Crippen LogP contribution in [0.5, 0.6) is 23.0 Å². The Morgan fingerprint density at radius 2 is 0.566 bits per heavy atom. The molecule has 0 radical (unpaired) electrons. The third-order valence-electron chi connectivity index (χ3n) is 22.6. The number of benzene rings is 16. The quantitative estimate of drug-likeness (QED) is 0.0955. The minimum atomic E-state index is -0.969. The van der Waals surface area contributed by atoms with Crippen molar-refractivity contribution in [2.75, 3.05) is 9.80 Å². The SMILES string of the molecule is Fc1ccc(N(c2ccc(-c3ccc(N(c4ccc(F)c(F)c4)c4ccc5c(c4)C(c4ccc(Oc6ccc7c(c6)CC7)cc4)(c4ccc6ccccc6c4)c4ccccc4-5)cc3)cc2)c2ccc3c(c2)C(c2ccc(Oc4ccc5c(c4)CC5)cc2)(c2ccc4ccccc4c2)c2ccccc2-3)cc1F. The van der Waals surface area contributed by atoms with Crippen molar-refractivity contribution in [1.29, 1.82) is 0 Å². The molecule has 0 bridgehead atoms. The van der Waals surface area contributed by atoms with E-state index in [1.54, 1.807) is 12.1 Å². The maximum absolute atomic E-state index is 15.9. The maximum Gasteiger partial charge on any atom is 0.160 e. The Balaban J connectivity index is 0.682. The second kappa shape index (κ2) is 24.9. The van der Waals surface area contributed by atoms with Gasteiger partial charge in [0.05, 0.1) is 10.8 Å². The maximum atomic E-state index is 15.9. The van der Waals surface area contributed by atoms with Gasteiger partial charge in [0.15, 0.2) is 23.3 Å². The van der Waals surface area contributed by atoms with Crippen molar-refractivity contribution >= 4 is 55.7 Å². The van der Waals surface area contributed by atoms with E-state index in [2.05, 4.69) is 243 Å². The van der Waals surface area contributed by atoms with Crippen LogP contribution in [0.4, 0.5) is 51.7 Å². The number of rotatable bonds is 15. The second-order valence-electron chi connectivity index (χ2n) is 28.3. The highest BCUT2D eigenvalue weighted by Crippen LogP contribution is 2.60. The molecule has 0 spiro atoms. The van der Waals surface area contributed by atoms with Crippen LogP contribution in [0, 0.1) is 23.3 Å². The van der Waals surface area contributed by atoms with Gasteiger partial charge in [0, 0.05) is 46.3 Å². The zero-order valence-corrected chi connectivity index (χ0v) is 57.4. The highest BCUT2D eigenvalue weighted by molar-refractivity contribution is 5.95. The lowest BCUT2D eigenvalue weighted by molar-refractivity contribution is 0.480. The highest BCUT2D eigenvalue weighted by Gasteiger charge is 2.48. The molecular formula is C98H64F4N2O2. The first kappa shape index (κ1) is 62.7. The number of fused-ring (bicyclic) bond motifs is 10. The van der Waals surface area contributed by atoms with Crippen molar-refractivity contribution in [1.82, 2.24) is 0 Å². The number of anilines is 6. The molecule has 16 aromatic rings. The van der Waals surface area contributed by atoms with Gasteiger partial charge in [-0.1, -0.05) is 194 Å². The highest BCUT2D eigenvalue weighted by atomic mass is 19.2. The molecule has 8 heteroatoms. The van der Waals surface area contributed by atoms with Crippen LogP contribution in [0.15, 0.2) is 340 Å². The van der Waals surface area contributed by atoms with Crippen molar-refractivity contribution in [3.8, 4) is 56.4 Å². The van der Waals surface area contributed by atoms with Crippen molar-refractivity contribution in [3.63, 3.8) is 0 Å². The lowest BCUT2D eigenvalue weighted by Crippen LogP contribution is -2.29. The van der Waals surface area contributed by atoms with Gasteiger partial charge in [-0.05, 0) is 281 Å². The molecule has 0 N–H and O–H groups in total. The molecule has 2 atom stereocenters. The Morgan fingerprint density at radius 1 is 0.226 bits per heavy atom. The number of hydrogen-bond donors (Lipinski definition) is 0. The fraction of sp³-hybridized carbons (Fsp3) is 0.0612. The monoisotopic (exact) mass is 1380 g/mol. The molecule has 0 saturated heterocycles. The van der Waals surface area contributed by atoms with Crippen LogP contribution in [0.1, 0.15) is 66.8 Å². The molecule has 106 heavy (non-hydrogen) atoms.